The van der Waals surface area contributed by atoms with Gasteiger partial charge in [-0.1, -0.05) is 12.2 Å². The molecule has 5 N–H and O–H groups in total. The number of allylic oxidation sites excluding steroid dienone is 3. The van der Waals surface area contributed by atoms with Crippen LogP contribution in [0.15, 0.2) is 88.0 Å². The first kappa shape index (κ1) is 50.9. The summed E-state index contributed by atoms with van der Waals surface area (Å²) in [5.41, 5.74) is 2.29. The van der Waals surface area contributed by atoms with Gasteiger partial charge in [-0.15, -0.1) is 4.73 Å². The summed E-state index contributed by atoms with van der Waals surface area (Å²) in [6.07, 6.45) is 7.27. The van der Waals surface area contributed by atoms with E-state index in [0.717, 1.165) is 28.6 Å². The number of aromatic nitrogens is 1. The van der Waals surface area contributed by atoms with Crippen LogP contribution in [0, 0.1) is 0 Å². The average Bonchev–Trinajstić information content (AvgIpc) is 3.67. The van der Waals surface area contributed by atoms with Crippen LogP contribution in [0.4, 0.5) is 5.69 Å². The molecule has 3 heterocycles. The number of fused-ring (bicyclic) bond motifs is 2. The van der Waals surface area contributed by atoms with Crippen molar-refractivity contribution in [1.29, 1.82) is 0 Å². The molecule has 1 aromatic heterocycles. The van der Waals surface area contributed by atoms with Crippen LogP contribution in [0.3, 0.4) is 0 Å². The largest absolute Gasteiger partial charge is 0.492 e. The minimum Gasteiger partial charge on any atom is -0.492 e. The van der Waals surface area contributed by atoms with Gasteiger partial charge in [-0.3, -0.25) is 13.7 Å². The number of carbonyl (C=O) groups excluding carboxylic acids is 1. The van der Waals surface area contributed by atoms with E-state index in [1.54, 1.807) is 18.2 Å². The molecule has 2 aromatic rings. The lowest BCUT2D eigenvalue weighted by atomic mass is 9.77. The lowest BCUT2D eigenvalue weighted by Gasteiger charge is -2.30. The maximum absolute atomic E-state index is 12.3. The third-order valence-electron chi connectivity index (χ3n) is 10.6. The van der Waals surface area contributed by atoms with Gasteiger partial charge in [0.2, 0.25) is 17.1 Å². The van der Waals surface area contributed by atoms with Crippen LogP contribution >= 0.6 is 0 Å². The normalized spacial score (nSPS) is 16.8. The van der Waals surface area contributed by atoms with Crippen molar-refractivity contribution in [2.24, 2.45) is 0 Å². The average molecular weight is 969 g/mol. The van der Waals surface area contributed by atoms with Gasteiger partial charge >= 0.3 is 5.97 Å². The van der Waals surface area contributed by atoms with Gasteiger partial charge in [0.1, 0.15) is 18.8 Å². The van der Waals surface area contributed by atoms with Crippen molar-refractivity contribution in [3.8, 4) is 23.1 Å². The van der Waals surface area contributed by atoms with E-state index in [1.807, 2.05) is 53.7 Å². The number of benzene rings is 2. The Hall–Kier alpha value is -5.11. The van der Waals surface area contributed by atoms with Crippen LogP contribution in [0.25, 0.3) is 17.4 Å². The molecule has 5 rings (SSSR count). The second-order valence-corrected chi connectivity index (χ2v) is 19.7. The first-order valence-electron chi connectivity index (χ1n) is 20.5. The van der Waals surface area contributed by atoms with E-state index in [4.69, 9.17) is 28.0 Å². The highest BCUT2D eigenvalue weighted by atomic mass is 32.2. The summed E-state index contributed by atoms with van der Waals surface area (Å²) in [6.45, 7) is 5.91. The summed E-state index contributed by atoms with van der Waals surface area (Å²) < 4.78 is 125. The van der Waals surface area contributed by atoms with Crippen molar-refractivity contribution in [3.63, 3.8) is 0 Å². The van der Waals surface area contributed by atoms with E-state index in [0.29, 0.717) is 40.5 Å². The van der Waals surface area contributed by atoms with Crippen LogP contribution < -0.4 is 19.7 Å². The van der Waals surface area contributed by atoms with Crippen molar-refractivity contribution in [2.45, 2.75) is 49.8 Å². The number of ether oxygens (including phenoxy) is 3. The summed E-state index contributed by atoms with van der Waals surface area (Å²) in [6, 6.07) is 13.9. The monoisotopic (exact) mass is 968 g/mol. The van der Waals surface area contributed by atoms with Crippen molar-refractivity contribution < 1.29 is 77.4 Å². The standard InChI is InChI=1S/C42H53N3O17S3/c1-3-43(18-6-28-64(52,53)54)32-9-11-34-31(15-21-61-37(34)29-32)7-4-8-38-42(2,17-5-27-63(49,50)51)35-30-33(65(55,56)57)10-12-36(35)44(38)19-22-59-24-26-60-25-23-58-20-16-41(48)62-45-39(46)13-14-40(45)47/h4,7-15,21,29-30H,3,5-6,16-20,22-28H2,1-2H3,(H4-,46,47,49,50,51,52,53,54,55,56,57)/p+1. The first-order chi connectivity index (χ1) is 30.7. The Kier molecular flexibility index (Phi) is 17.5. The fourth-order valence-corrected chi connectivity index (χ4v) is 8.92. The van der Waals surface area contributed by atoms with Gasteiger partial charge in [-0.05, 0) is 74.2 Å². The minimum atomic E-state index is -4.62. The molecule has 0 saturated carbocycles. The molecule has 3 aliphatic rings. The highest BCUT2D eigenvalue weighted by Gasteiger charge is 2.43. The van der Waals surface area contributed by atoms with E-state index in [-0.39, 0.29) is 82.5 Å². The zero-order chi connectivity index (χ0) is 47.4. The van der Waals surface area contributed by atoms with Gasteiger partial charge in [0.05, 0.1) is 74.8 Å². The number of hydrogen-bond donors (Lipinski definition) is 5. The van der Waals surface area contributed by atoms with Crippen molar-refractivity contribution in [3.05, 3.63) is 95.2 Å². The number of nitrogens with zero attached hydrogens (tertiary/aromatic N) is 3. The third kappa shape index (κ3) is 14.4. The summed E-state index contributed by atoms with van der Waals surface area (Å²) in [5.74, 6) is -1.96. The van der Waals surface area contributed by atoms with Crippen LogP contribution in [0.1, 0.15) is 50.7 Å². The predicted molar refractivity (Wildman–Crippen MR) is 237 cm³/mol. The fraction of sp³-hybridized carbons (Fsp3) is 0.429. The quantitative estimate of drug-likeness (QED) is 0.0362. The smallest absolute Gasteiger partial charge is 0.335 e. The summed E-state index contributed by atoms with van der Waals surface area (Å²) >= 11 is 0. The molecule has 0 fully saturated rings. The Morgan fingerprint density at radius 3 is 2.11 bits per heavy atom. The van der Waals surface area contributed by atoms with Gasteiger partial charge in [0.25, 0.3) is 30.4 Å². The van der Waals surface area contributed by atoms with Crippen LogP contribution in [0.5, 0.6) is 11.8 Å². The molecule has 0 bridgehead atoms. The van der Waals surface area contributed by atoms with E-state index < -0.39 is 59.3 Å². The molecule has 356 valence electrons. The second-order valence-electron chi connectivity index (χ2n) is 15.1. The highest BCUT2D eigenvalue weighted by Crippen LogP contribution is 2.51. The maximum Gasteiger partial charge on any atom is 0.335 e. The molecule has 0 spiro atoms. The van der Waals surface area contributed by atoms with Gasteiger partial charge in [-0.25, -0.2) is 9.37 Å². The molecule has 1 unspecified atom stereocenters. The van der Waals surface area contributed by atoms with E-state index in [2.05, 4.69) is 0 Å². The topological polar surface area (TPSA) is 282 Å². The zero-order valence-corrected chi connectivity index (χ0v) is 38.3. The third-order valence-corrected chi connectivity index (χ3v) is 13.0. The Morgan fingerprint density at radius 1 is 0.815 bits per heavy atom. The molecular formula is C42H54N3O17S3+. The summed E-state index contributed by atoms with van der Waals surface area (Å²) in [4.78, 5) is 18.4. The SMILES string of the molecule is CC[N+](CCCS(=O)(=O)O)=c1ccc2c(C=CC=C3N(CCOCCOCCOCCC(=O)On4c(O)ccc4O)c4ccc(S(=O)(=O)O)cc4C3(C)CCCS(=O)(=O)O)ccoc-2c1. The number of aromatic hydroxyl groups is 2. The van der Waals surface area contributed by atoms with Crippen LogP contribution in [0.2, 0.25) is 0 Å². The first-order valence-corrected chi connectivity index (χ1v) is 25.2. The number of hydrogen-bond acceptors (Lipinski definition) is 15. The summed E-state index contributed by atoms with van der Waals surface area (Å²) in [5, 5.41) is 19.9. The fourth-order valence-electron chi connectivity index (χ4n) is 7.41. The molecule has 0 radical (unpaired) electrons. The minimum absolute atomic E-state index is 0.00657. The number of carbonyl (C=O) groups is 1. The summed E-state index contributed by atoms with van der Waals surface area (Å²) in [7, 11) is -13.0. The Balaban J connectivity index is 1.29. The van der Waals surface area contributed by atoms with E-state index >= 15 is 0 Å². The van der Waals surface area contributed by atoms with E-state index in [1.165, 1.54) is 18.4 Å². The molecule has 0 saturated heterocycles. The molecule has 2 aliphatic heterocycles. The maximum atomic E-state index is 12.3. The van der Waals surface area contributed by atoms with Crippen molar-refractivity contribution in [1.82, 2.24) is 9.31 Å². The van der Waals surface area contributed by atoms with Gasteiger partial charge in [0.15, 0.2) is 0 Å². The lowest BCUT2D eigenvalue weighted by Crippen LogP contribution is -2.31. The number of rotatable bonds is 25. The van der Waals surface area contributed by atoms with Crippen molar-refractivity contribution >= 4 is 48.1 Å². The lowest BCUT2D eigenvalue weighted by molar-refractivity contribution is -0.146. The Bertz CT molecular complexity index is 2710. The number of anilines is 1. The van der Waals surface area contributed by atoms with Crippen molar-refractivity contribution in [2.75, 3.05) is 75.7 Å². The highest BCUT2D eigenvalue weighted by molar-refractivity contribution is 7.86. The second kappa shape index (κ2) is 22.4. The molecule has 0 amide bonds. The van der Waals surface area contributed by atoms with Crippen LogP contribution in [-0.4, -0.2) is 131 Å². The zero-order valence-electron chi connectivity index (χ0n) is 35.8. The van der Waals surface area contributed by atoms with Gasteiger partial charge in [-0.2, -0.15) is 25.3 Å². The van der Waals surface area contributed by atoms with Crippen LogP contribution in [-0.2, 0) is 54.8 Å². The van der Waals surface area contributed by atoms with Gasteiger partial charge in [0, 0.05) is 53.5 Å². The molecule has 65 heavy (non-hydrogen) atoms. The molecular weight excluding hydrogens is 915 g/mol. The van der Waals surface area contributed by atoms with E-state index in [9.17, 15) is 49.4 Å². The Morgan fingerprint density at radius 2 is 1.46 bits per heavy atom. The molecule has 23 heteroatoms. The molecule has 1 aliphatic carbocycles. The molecule has 20 nitrogen and oxygen atoms in total. The Labute approximate surface area is 377 Å². The predicted octanol–water partition coefficient (Wildman–Crippen LogP) is 3.35. The molecule has 1 aromatic carbocycles. The van der Waals surface area contributed by atoms with Gasteiger partial charge < -0.3 is 38.6 Å². The molecule has 1 atom stereocenters.